The number of thioether (sulfide) groups is 1. The van der Waals surface area contributed by atoms with Crippen molar-refractivity contribution in [1.82, 2.24) is 4.57 Å². The molecule has 2 aromatic heterocycles. The lowest BCUT2D eigenvalue weighted by Crippen LogP contribution is -2.39. The Morgan fingerprint density at radius 3 is 2.67 bits per heavy atom. The first-order valence-corrected chi connectivity index (χ1v) is 12.0. The molecular weight excluding hydrogens is 466 g/mol. The first-order valence-electron chi connectivity index (χ1n) is 9.92. The van der Waals surface area contributed by atoms with Crippen molar-refractivity contribution in [3.63, 3.8) is 0 Å². The number of ether oxygens (including phenoxy) is 1. The van der Waals surface area contributed by atoms with Crippen LogP contribution in [0.25, 0.3) is 6.08 Å². The van der Waals surface area contributed by atoms with Gasteiger partial charge >= 0.3 is 11.9 Å². The molecule has 3 aromatic rings. The average molecular weight is 486 g/mol. The van der Waals surface area contributed by atoms with E-state index in [1.807, 2.05) is 30.5 Å². The molecule has 0 aliphatic carbocycles. The lowest BCUT2D eigenvalue weighted by atomic mass is 9.96. The van der Waals surface area contributed by atoms with Crippen molar-refractivity contribution in [3.05, 3.63) is 88.8 Å². The van der Waals surface area contributed by atoms with Gasteiger partial charge in [0, 0.05) is 11.0 Å². The summed E-state index contributed by atoms with van der Waals surface area (Å²) >= 11 is 2.71. The fourth-order valence-corrected chi connectivity index (χ4v) is 4.98. The summed E-state index contributed by atoms with van der Waals surface area (Å²) in [7, 11) is 0. The van der Waals surface area contributed by atoms with Crippen molar-refractivity contribution in [2.24, 2.45) is 4.99 Å². The maximum Gasteiger partial charge on any atom is 0.433 e. The summed E-state index contributed by atoms with van der Waals surface area (Å²) in [4.78, 5) is 42.5. The molecule has 33 heavy (non-hydrogen) atoms. The van der Waals surface area contributed by atoms with E-state index in [-0.39, 0.29) is 22.5 Å². The number of allylic oxidation sites excluding steroid dienone is 1. The summed E-state index contributed by atoms with van der Waals surface area (Å²) in [5.41, 5.74) is 1.12. The first-order chi connectivity index (χ1) is 15.8. The van der Waals surface area contributed by atoms with E-state index in [0.29, 0.717) is 16.1 Å². The molecule has 1 aromatic carbocycles. The Balaban J connectivity index is 1.91. The van der Waals surface area contributed by atoms with Gasteiger partial charge in [0.25, 0.3) is 5.56 Å². The number of esters is 1. The molecule has 1 atom stereocenters. The summed E-state index contributed by atoms with van der Waals surface area (Å²) in [5.74, 6) is -0.774. The summed E-state index contributed by atoms with van der Waals surface area (Å²) in [5, 5.41) is 10.9. The standard InChI is InChI=1S/C22H19N3O6S2/c1-4-30-21(27)18-12(2)23-22-24(19(18)13-5-8-15(32-3)9-6-13)20(26)16(33-22)11-14-7-10-17(31-14)25(28)29/h5-11,19H,4H2,1-3H3/b16-11-/t19-/m0/s1. The molecule has 0 spiro atoms. The number of carbonyl (C=O) groups excluding carboxylic acids is 1. The van der Waals surface area contributed by atoms with Gasteiger partial charge in [0.15, 0.2) is 4.80 Å². The number of carbonyl (C=O) groups is 1. The van der Waals surface area contributed by atoms with Crippen molar-refractivity contribution in [2.75, 3.05) is 12.9 Å². The van der Waals surface area contributed by atoms with Crippen LogP contribution in [0.3, 0.4) is 0 Å². The van der Waals surface area contributed by atoms with Crippen molar-refractivity contribution in [1.29, 1.82) is 0 Å². The van der Waals surface area contributed by atoms with Gasteiger partial charge in [-0.2, -0.15) is 0 Å². The zero-order valence-corrected chi connectivity index (χ0v) is 19.6. The molecule has 0 bridgehead atoms. The van der Waals surface area contributed by atoms with Crippen LogP contribution in [-0.4, -0.2) is 28.3 Å². The van der Waals surface area contributed by atoms with Crippen LogP contribution >= 0.6 is 23.1 Å². The van der Waals surface area contributed by atoms with Crippen LogP contribution in [0.4, 0.5) is 5.88 Å². The maximum absolute atomic E-state index is 13.4. The molecular formula is C22H19N3O6S2. The number of nitro groups is 1. The number of fused-ring (bicyclic) bond motifs is 1. The van der Waals surface area contributed by atoms with Crippen LogP contribution in [0, 0.1) is 10.1 Å². The number of nitrogens with zero attached hydrogens (tertiary/aromatic N) is 3. The Labute approximate surface area is 195 Å². The van der Waals surface area contributed by atoms with E-state index in [2.05, 4.69) is 4.99 Å². The molecule has 0 radical (unpaired) electrons. The smallest absolute Gasteiger partial charge is 0.433 e. The van der Waals surface area contributed by atoms with Crippen LogP contribution < -0.4 is 14.9 Å². The molecule has 0 unspecified atom stereocenters. The highest BCUT2D eigenvalue weighted by Gasteiger charge is 2.33. The minimum Gasteiger partial charge on any atom is -0.463 e. The summed E-state index contributed by atoms with van der Waals surface area (Å²) < 4.78 is 12.2. The first kappa shape index (κ1) is 22.7. The predicted molar refractivity (Wildman–Crippen MR) is 124 cm³/mol. The molecule has 11 heteroatoms. The fraction of sp³-hybridized carbons (Fsp3) is 0.227. The molecule has 0 fully saturated rings. The zero-order chi connectivity index (χ0) is 23.7. The summed E-state index contributed by atoms with van der Waals surface area (Å²) in [6.07, 6.45) is 3.40. The van der Waals surface area contributed by atoms with E-state index < -0.39 is 22.8 Å². The SMILES string of the molecule is CCOC(=O)C1=C(C)N=c2s/c(=C\c3ccc([N+](=O)[O-])o3)c(=O)n2[C@H]1c1ccc(SC)cc1. The molecule has 0 saturated heterocycles. The molecule has 4 rings (SSSR count). The van der Waals surface area contributed by atoms with Gasteiger partial charge in [-0.3, -0.25) is 19.5 Å². The predicted octanol–water partition coefficient (Wildman–Crippen LogP) is 3.02. The van der Waals surface area contributed by atoms with E-state index in [0.717, 1.165) is 21.8 Å². The highest BCUT2D eigenvalue weighted by Crippen LogP contribution is 2.31. The number of furan rings is 1. The fourth-order valence-electron chi connectivity index (χ4n) is 3.54. The second-order valence-corrected chi connectivity index (χ2v) is 8.90. The normalized spacial score (nSPS) is 15.8. The Bertz CT molecular complexity index is 1450. The van der Waals surface area contributed by atoms with E-state index in [1.165, 1.54) is 22.8 Å². The van der Waals surface area contributed by atoms with E-state index in [9.17, 15) is 19.7 Å². The second kappa shape index (κ2) is 9.20. The van der Waals surface area contributed by atoms with Crippen LogP contribution in [0.2, 0.25) is 0 Å². The van der Waals surface area contributed by atoms with E-state index >= 15 is 0 Å². The van der Waals surface area contributed by atoms with Crippen molar-refractivity contribution < 1.29 is 18.9 Å². The summed E-state index contributed by atoms with van der Waals surface area (Å²) in [6.45, 7) is 3.62. The second-order valence-electron chi connectivity index (χ2n) is 7.01. The maximum atomic E-state index is 13.4. The number of rotatable bonds is 6. The van der Waals surface area contributed by atoms with E-state index in [4.69, 9.17) is 9.15 Å². The lowest BCUT2D eigenvalue weighted by molar-refractivity contribution is -0.402. The molecule has 3 heterocycles. The molecule has 0 N–H and O–H groups in total. The van der Waals surface area contributed by atoms with Crippen LogP contribution in [0.1, 0.15) is 31.2 Å². The van der Waals surface area contributed by atoms with Crippen LogP contribution in [0.5, 0.6) is 0 Å². The molecule has 9 nitrogen and oxygen atoms in total. The topological polar surface area (TPSA) is 117 Å². The van der Waals surface area contributed by atoms with Gasteiger partial charge in [-0.15, -0.1) is 11.8 Å². The molecule has 170 valence electrons. The molecule has 0 amide bonds. The van der Waals surface area contributed by atoms with E-state index in [1.54, 1.807) is 25.6 Å². The van der Waals surface area contributed by atoms with Gasteiger partial charge in [-0.05, 0) is 43.9 Å². The minimum atomic E-state index is -0.718. The number of aromatic nitrogens is 1. The number of benzene rings is 1. The average Bonchev–Trinajstić information content (AvgIpc) is 3.38. The van der Waals surface area contributed by atoms with Crippen molar-refractivity contribution >= 4 is 41.0 Å². The Morgan fingerprint density at radius 2 is 2.06 bits per heavy atom. The number of hydrogen-bond acceptors (Lipinski definition) is 9. The Kier molecular flexibility index (Phi) is 6.34. The highest BCUT2D eigenvalue weighted by atomic mass is 32.2. The highest BCUT2D eigenvalue weighted by molar-refractivity contribution is 7.98. The Hall–Kier alpha value is -3.44. The van der Waals surface area contributed by atoms with Gasteiger partial charge in [-0.25, -0.2) is 9.79 Å². The third-order valence-corrected chi connectivity index (χ3v) is 6.74. The van der Waals surface area contributed by atoms with Crippen LogP contribution in [0.15, 0.2) is 66.8 Å². The van der Waals surface area contributed by atoms with Gasteiger partial charge in [-0.1, -0.05) is 23.5 Å². The quantitative estimate of drug-likeness (QED) is 0.228. The van der Waals surface area contributed by atoms with Gasteiger partial charge in [0.05, 0.1) is 34.5 Å². The van der Waals surface area contributed by atoms with Crippen LogP contribution in [-0.2, 0) is 9.53 Å². The van der Waals surface area contributed by atoms with Gasteiger partial charge in [0.1, 0.15) is 10.7 Å². The number of hydrogen-bond donors (Lipinski definition) is 0. The molecule has 1 aliphatic rings. The zero-order valence-electron chi connectivity index (χ0n) is 17.9. The van der Waals surface area contributed by atoms with Crippen molar-refractivity contribution in [3.8, 4) is 0 Å². The number of thiazole rings is 1. The lowest BCUT2D eigenvalue weighted by Gasteiger charge is -2.24. The third kappa shape index (κ3) is 4.29. The Morgan fingerprint density at radius 1 is 1.33 bits per heavy atom. The molecule has 1 aliphatic heterocycles. The minimum absolute atomic E-state index is 0.175. The third-order valence-electron chi connectivity index (χ3n) is 5.01. The van der Waals surface area contributed by atoms with Crippen molar-refractivity contribution in [2.45, 2.75) is 24.8 Å². The molecule has 0 saturated carbocycles. The van der Waals surface area contributed by atoms with Gasteiger partial charge < -0.3 is 9.15 Å². The van der Waals surface area contributed by atoms with Gasteiger partial charge in [0.2, 0.25) is 0 Å². The largest absolute Gasteiger partial charge is 0.463 e. The summed E-state index contributed by atoms with van der Waals surface area (Å²) in [6, 6.07) is 9.53. The monoisotopic (exact) mass is 485 g/mol.